The number of ether oxygens (including phenoxy) is 1. The molecule has 1 aromatic rings. The van der Waals surface area contributed by atoms with Gasteiger partial charge in [-0.3, -0.25) is 0 Å². The number of carbonyl (C=O) groups is 1. The zero-order valence-corrected chi connectivity index (χ0v) is 11.5. The van der Waals surface area contributed by atoms with Gasteiger partial charge in [0.05, 0.1) is 19.6 Å². The van der Waals surface area contributed by atoms with E-state index in [4.69, 9.17) is 10.00 Å². The molecule has 0 fully saturated rings. The standard InChI is InChI=1S/C14H19N3O2/c1-4-11(7-8-15)16-14(18)17-12-5-6-13(19-3)10(2)9-12/h5-6,9,11H,4,7H2,1-3H3,(H2,16,17,18)/t11-/m0/s1. The van der Waals surface area contributed by atoms with E-state index < -0.39 is 0 Å². The van der Waals surface area contributed by atoms with Gasteiger partial charge in [0.2, 0.25) is 0 Å². The number of nitrogens with zero attached hydrogens (tertiary/aromatic N) is 1. The Morgan fingerprint density at radius 2 is 2.26 bits per heavy atom. The van der Waals surface area contributed by atoms with Gasteiger partial charge in [-0.25, -0.2) is 4.79 Å². The smallest absolute Gasteiger partial charge is 0.319 e. The van der Waals surface area contributed by atoms with Crippen molar-refractivity contribution >= 4 is 11.7 Å². The van der Waals surface area contributed by atoms with Gasteiger partial charge in [-0.05, 0) is 37.1 Å². The Morgan fingerprint density at radius 1 is 1.53 bits per heavy atom. The van der Waals surface area contributed by atoms with Gasteiger partial charge in [0.1, 0.15) is 5.75 Å². The third kappa shape index (κ3) is 4.51. The molecule has 0 heterocycles. The SMILES string of the molecule is CC[C@@H](CC#N)NC(=O)Nc1ccc(OC)c(C)c1. The first-order chi connectivity index (χ1) is 9.10. The van der Waals surface area contributed by atoms with Crippen LogP contribution >= 0.6 is 0 Å². The van der Waals surface area contributed by atoms with Crippen LogP contribution in [0.15, 0.2) is 18.2 Å². The third-order valence-electron chi connectivity index (χ3n) is 2.82. The van der Waals surface area contributed by atoms with Gasteiger partial charge >= 0.3 is 6.03 Å². The number of hydrogen-bond acceptors (Lipinski definition) is 3. The van der Waals surface area contributed by atoms with Crippen molar-refractivity contribution in [2.75, 3.05) is 12.4 Å². The van der Waals surface area contributed by atoms with Crippen molar-refractivity contribution in [3.05, 3.63) is 23.8 Å². The molecule has 0 aliphatic carbocycles. The minimum Gasteiger partial charge on any atom is -0.496 e. The van der Waals surface area contributed by atoms with Crippen LogP contribution in [0, 0.1) is 18.3 Å². The molecular weight excluding hydrogens is 242 g/mol. The van der Waals surface area contributed by atoms with Gasteiger partial charge in [0.25, 0.3) is 0 Å². The molecule has 1 rings (SSSR count). The number of aryl methyl sites for hydroxylation is 1. The Hall–Kier alpha value is -2.22. The van der Waals surface area contributed by atoms with Gasteiger partial charge in [-0.2, -0.15) is 5.26 Å². The van der Waals surface area contributed by atoms with Crippen molar-refractivity contribution in [3.8, 4) is 11.8 Å². The van der Waals surface area contributed by atoms with E-state index in [0.717, 1.165) is 17.7 Å². The van der Waals surface area contributed by atoms with E-state index >= 15 is 0 Å². The fourth-order valence-corrected chi connectivity index (χ4v) is 1.72. The van der Waals surface area contributed by atoms with Crippen molar-refractivity contribution < 1.29 is 9.53 Å². The summed E-state index contributed by atoms with van der Waals surface area (Å²) in [6.07, 6.45) is 1.04. The third-order valence-corrected chi connectivity index (χ3v) is 2.82. The number of rotatable bonds is 5. The minimum absolute atomic E-state index is 0.121. The van der Waals surface area contributed by atoms with E-state index in [1.54, 1.807) is 19.2 Å². The fourth-order valence-electron chi connectivity index (χ4n) is 1.72. The number of carbonyl (C=O) groups excluding carboxylic acids is 1. The highest BCUT2D eigenvalue weighted by Gasteiger charge is 2.10. The monoisotopic (exact) mass is 261 g/mol. The number of nitriles is 1. The molecule has 0 aromatic heterocycles. The van der Waals surface area contributed by atoms with Gasteiger partial charge in [0.15, 0.2) is 0 Å². The van der Waals surface area contributed by atoms with Gasteiger partial charge in [0, 0.05) is 11.7 Å². The predicted molar refractivity (Wildman–Crippen MR) is 74.2 cm³/mol. The Balaban J connectivity index is 2.62. The quantitative estimate of drug-likeness (QED) is 0.855. The summed E-state index contributed by atoms with van der Waals surface area (Å²) in [5.41, 5.74) is 1.65. The number of amides is 2. The molecular formula is C14H19N3O2. The summed E-state index contributed by atoms with van der Waals surface area (Å²) in [4.78, 5) is 11.8. The van der Waals surface area contributed by atoms with Crippen LogP contribution in [0.2, 0.25) is 0 Å². The van der Waals surface area contributed by atoms with E-state index in [2.05, 4.69) is 16.7 Å². The van der Waals surface area contributed by atoms with Crippen molar-refractivity contribution in [3.63, 3.8) is 0 Å². The number of urea groups is 1. The summed E-state index contributed by atoms with van der Waals surface area (Å²) in [7, 11) is 1.61. The topological polar surface area (TPSA) is 74.2 Å². The zero-order chi connectivity index (χ0) is 14.3. The maximum absolute atomic E-state index is 11.8. The summed E-state index contributed by atoms with van der Waals surface area (Å²) in [6, 6.07) is 7.05. The van der Waals surface area contributed by atoms with E-state index in [1.165, 1.54) is 0 Å². The number of benzene rings is 1. The molecule has 0 aliphatic rings. The molecule has 5 heteroatoms. The van der Waals surface area contributed by atoms with Crippen molar-refractivity contribution in [2.24, 2.45) is 0 Å². The molecule has 0 aliphatic heterocycles. The first kappa shape index (κ1) is 14.8. The number of methoxy groups -OCH3 is 1. The van der Waals surface area contributed by atoms with Crippen LogP contribution < -0.4 is 15.4 Å². The fraction of sp³-hybridized carbons (Fsp3) is 0.429. The lowest BCUT2D eigenvalue weighted by Gasteiger charge is -2.15. The van der Waals surface area contributed by atoms with Gasteiger partial charge in [-0.15, -0.1) is 0 Å². The zero-order valence-electron chi connectivity index (χ0n) is 11.5. The largest absolute Gasteiger partial charge is 0.496 e. The Labute approximate surface area is 113 Å². The molecule has 2 amide bonds. The molecule has 0 bridgehead atoms. The number of nitrogens with one attached hydrogen (secondary N) is 2. The minimum atomic E-state index is -0.299. The van der Waals surface area contributed by atoms with Crippen LogP contribution in [-0.2, 0) is 0 Å². The molecule has 1 atom stereocenters. The molecule has 1 aromatic carbocycles. The molecule has 19 heavy (non-hydrogen) atoms. The summed E-state index contributed by atoms with van der Waals surface area (Å²) in [5, 5.41) is 14.1. The highest BCUT2D eigenvalue weighted by molar-refractivity contribution is 5.89. The lowest BCUT2D eigenvalue weighted by molar-refractivity contribution is 0.248. The first-order valence-electron chi connectivity index (χ1n) is 6.19. The second-order valence-electron chi connectivity index (χ2n) is 4.25. The highest BCUT2D eigenvalue weighted by Crippen LogP contribution is 2.21. The molecule has 0 unspecified atom stereocenters. The molecule has 0 saturated heterocycles. The van der Waals surface area contributed by atoms with E-state index in [0.29, 0.717) is 12.1 Å². The van der Waals surface area contributed by atoms with Crippen LogP contribution in [0.1, 0.15) is 25.3 Å². The number of anilines is 1. The normalized spacial score (nSPS) is 11.3. The first-order valence-corrected chi connectivity index (χ1v) is 6.19. The molecule has 0 saturated carbocycles. The van der Waals surface area contributed by atoms with Crippen LogP contribution in [0.25, 0.3) is 0 Å². The maximum atomic E-state index is 11.8. The number of hydrogen-bond donors (Lipinski definition) is 2. The van der Waals surface area contributed by atoms with Gasteiger partial charge < -0.3 is 15.4 Å². The second-order valence-corrected chi connectivity index (χ2v) is 4.25. The summed E-state index contributed by atoms with van der Waals surface area (Å²) >= 11 is 0. The Bertz CT molecular complexity index is 480. The van der Waals surface area contributed by atoms with E-state index in [-0.39, 0.29) is 12.1 Å². The van der Waals surface area contributed by atoms with Crippen LogP contribution in [-0.4, -0.2) is 19.2 Å². The van der Waals surface area contributed by atoms with Gasteiger partial charge in [-0.1, -0.05) is 6.92 Å². The van der Waals surface area contributed by atoms with E-state index in [9.17, 15) is 4.79 Å². The average Bonchev–Trinajstić information content (AvgIpc) is 2.38. The summed E-state index contributed by atoms with van der Waals surface area (Å²) in [6.45, 7) is 3.84. The predicted octanol–water partition coefficient (Wildman–Crippen LogP) is 2.82. The molecule has 2 N–H and O–H groups in total. The lowest BCUT2D eigenvalue weighted by Crippen LogP contribution is -2.37. The maximum Gasteiger partial charge on any atom is 0.319 e. The molecule has 0 spiro atoms. The molecule has 0 radical (unpaired) electrons. The lowest BCUT2D eigenvalue weighted by atomic mass is 10.2. The highest BCUT2D eigenvalue weighted by atomic mass is 16.5. The molecule has 5 nitrogen and oxygen atoms in total. The van der Waals surface area contributed by atoms with E-state index in [1.807, 2.05) is 19.9 Å². The van der Waals surface area contributed by atoms with Crippen LogP contribution in [0.5, 0.6) is 5.75 Å². The van der Waals surface area contributed by atoms with Crippen LogP contribution in [0.4, 0.5) is 10.5 Å². The Kier molecular flexibility index (Phi) is 5.68. The van der Waals surface area contributed by atoms with Crippen LogP contribution in [0.3, 0.4) is 0 Å². The molecule has 102 valence electrons. The second kappa shape index (κ2) is 7.27. The van der Waals surface area contributed by atoms with Crippen molar-refractivity contribution in [2.45, 2.75) is 32.7 Å². The summed E-state index contributed by atoms with van der Waals surface area (Å²) in [5.74, 6) is 0.780. The Morgan fingerprint density at radius 3 is 2.79 bits per heavy atom. The van der Waals surface area contributed by atoms with Crippen molar-refractivity contribution in [1.29, 1.82) is 5.26 Å². The summed E-state index contributed by atoms with van der Waals surface area (Å²) < 4.78 is 5.15. The average molecular weight is 261 g/mol. The van der Waals surface area contributed by atoms with Crippen molar-refractivity contribution in [1.82, 2.24) is 5.32 Å².